The second kappa shape index (κ2) is 11.8. The standard InChI is InChI=1S/C49H33N3O/c1-2-10-35-29-39(25-18-32(35)9-1)52-45-16-5-6-17-47(45)53-48-31-37(22-27-46(48)52)36-21-26-44-42(30-36)41-13-3-4-15-43(41)51(44)38-23-19-33(20-24-38)40-14-7-11-34-12-8-28-50-49(34)40/h1-31,45,47H. The van der Waals surface area contributed by atoms with Crippen molar-refractivity contribution in [2.75, 3.05) is 4.90 Å². The third kappa shape index (κ3) is 4.80. The van der Waals surface area contributed by atoms with Crippen molar-refractivity contribution in [1.82, 2.24) is 9.55 Å². The number of fused-ring (bicyclic) bond motifs is 7. The number of ether oxygens (including phenoxy) is 1. The second-order valence-electron chi connectivity index (χ2n) is 13.9. The van der Waals surface area contributed by atoms with Gasteiger partial charge in [-0.2, -0.15) is 0 Å². The highest BCUT2D eigenvalue weighted by Gasteiger charge is 2.35. The van der Waals surface area contributed by atoms with E-state index in [1.54, 1.807) is 0 Å². The highest BCUT2D eigenvalue weighted by atomic mass is 16.5. The van der Waals surface area contributed by atoms with Crippen LogP contribution in [0, 0.1) is 0 Å². The van der Waals surface area contributed by atoms with E-state index in [0.29, 0.717) is 0 Å². The van der Waals surface area contributed by atoms with Crippen LogP contribution in [-0.2, 0) is 0 Å². The molecule has 0 spiro atoms. The van der Waals surface area contributed by atoms with E-state index in [2.05, 4.69) is 185 Å². The van der Waals surface area contributed by atoms with E-state index in [1.807, 2.05) is 12.3 Å². The SMILES string of the molecule is C1=CC2Oc3cc(-c4ccc5c(c4)c4ccccc4n5-c4ccc(-c5cccc6cccnc56)cc4)ccc3N(c3ccc4ccccc4c3)C2C=C1. The topological polar surface area (TPSA) is 30.3 Å². The highest BCUT2D eigenvalue weighted by molar-refractivity contribution is 6.10. The summed E-state index contributed by atoms with van der Waals surface area (Å²) in [6.45, 7) is 0. The lowest BCUT2D eigenvalue weighted by molar-refractivity contribution is 0.218. The van der Waals surface area contributed by atoms with E-state index in [-0.39, 0.29) is 12.1 Å². The number of hydrogen-bond donors (Lipinski definition) is 0. The average Bonchev–Trinajstić information content (AvgIpc) is 3.56. The Kier molecular flexibility index (Phi) is 6.65. The van der Waals surface area contributed by atoms with E-state index in [1.165, 1.54) is 32.6 Å². The molecule has 4 heteroatoms. The molecule has 53 heavy (non-hydrogen) atoms. The number of aromatic nitrogens is 2. The van der Waals surface area contributed by atoms with E-state index in [4.69, 9.17) is 9.72 Å². The summed E-state index contributed by atoms with van der Waals surface area (Å²) in [5, 5.41) is 6.06. The van der Waals surface area contributed by atoms with Gasteiger partial charge in [0, 0.05) is 39.3 Å². The van der Waals surface area contributed by atoms with Crippen molar-refractivity contribution in [2.45, 2.75) is 12.1 Å². The lowest BCUT2D eigenvalue weighted by atomic mass is 9.96. The zero-order chi connectivity index (χ0) is 34.9. The van der Waals surface area contributed by atoms with Crippen molar-refractivity contribution >= 4 is 54.9 Å². The Morgan fingerprint density at radius 2 is 1.25 bits per heavy atom. The molecule has 2 unspecified atom stereocenters. The predicted octanol–water partition coefficient (Wildman–Crippen LogP) is 12.2. The molecule has 2 atom stereocenters. The van der Waals surface area contributed by atoms with Crippen molar-refractivity contribution in [1.29, 1.82) is 0 Å². The lowest BCUT2D eigenvalue weighted by Gasteiger charge is -2.42. The number of allylic oxidation sites excluding steroid dienone is 2. The molecule has 0 saturated heterocycles. The number of anilines is 2. The van der Waals surface area contributed by atoms with Gasteiger partial charge in [-0.05, 0) is 94.2 Å². The molecule has 250 valence electrons. The van der Waals surface area contributed by atoms with E-state index < -0.39 is 0 Å². The molecule has 0 fully saturated rings. The molecule has 3 heterocycles. The Balaban J connectivity index is 0.996. The average molecular weight is 680 g/mol. The summed E-state index contributed by atoms with van der Waals surface area (Å²) in [6, 6.07) is 56.9. The van der Waals surface area contributed by atoms with Gasteiger partial charge in [-0.1, -0.05) is 115 Å². The molecule has 0 saturated carbocycles. The third-order valence-corrected chi connectivity index (χ3v) is 10.9. The molecule has 11 rings (SSSR count). The van der Waals surface area contributed by atoms with Crippen molar-refractivity contribution in [3.8, 4) is 33.7 Å². The Morgan fingerprint density at radius 1 is 0.509 bits per heavy atom. The van der Waals surface area contributed by atoms with Gasteiger partial charge in [-0.15, -0.1) is 0 Å². The van der Waals surface area contributed by atoms with Crippen LogP contribution in [0.5, 0.6) is 5.75 Å². The zero-order valence-electron chi connectivity index (χ0n) is 28.8. The van der Waals surface area contributed by atoms with Crippen molar-refractivity contribution in [3.05, 3.63) is 188 Å². The first kappa shape index (κ1) is 29.8. The molecule has 0 N–H and O–H groups in total. The zero-order valence-corrected chi connectivity index (χ0v) is 28.8. The fourth-order valence-corrected chi connectivity index (χ4v) is 8.41. The molecule has 9 aromatic rings. The van der Waals surface area contributed by atoms with Crippen LogP contribution in [0.2, 0.25) is 0 Å². The highest BCUT2D eigenvalue weighted by Crippen LogP contribution is 2.45. The van der Waals surface area contributed by atoms with Gasteiger partial charge < -0.3 is 14.2 Å². The van der Waals surface area contributed by atoms with Crippen LogP contribution in [0.15, 0.2) is 188 Å². The molecule has 1 aliphatic carbocycles. The first-order valence-corrected chi connectivity index (χ1v) is 18.2. The number of benzene rings is 7. The Labute approximate surface area is 307 Å². The molecule has 1 aliphatic heterocycles. The van der Waals surface area contributed by atoms with Gasteiger partial charge >= 0.3 is 0 Å². The fourth-order valence-electron chi connectivity index (χ4n) is 8.41. The number of rotatable bonds is 4. The normalized spacial score (nSPS) is 16.3. The van der Waals surface area contributed by atoms with Crippen LogP contribution in [0.25, 0.3) is 71.4 Å². The Bertz CT molecular complexity index is 2950. The number of para-hydroxylation sites is 2. The van der Waals surface area contributed by atoms with Gasteiger partial charge in [0.1, 0.15) is 11.9 Å². The Morgan fingerprint density at radius 3 is 2.19 bits per heavy atom. The molecule has 7 aromatic carbocycles. The summed E-state index contributed by atoms with van der Waals surface area (Å²) in [7, 11) is 0. The molecular formula is C49H33N3O. The van der Waals surface area contributed by atoms with Crippen LogP contribution in [0.3, 0.4) is 0 Å². The summed E-state index contributed by atoms with van der Waals surface area (Å²) in [5.41, 5.74) is 11.3. The summed E-state index contributed by atoms with van der Waals surface area (Å²) < 4.78 is 9.11. The van der Waals surface area contributed by atoms with Gasteiger partial charge in [0.05, 0.1) is 28.3 Å². The first-order valence-electron chi connectivity index (χ1n) is 18.2. The molecular weight excluding hydrogens is 647 g/mol. The molecule has 4 nitrogen and oxygen atoms in total. The lowest BCUT2D eigenvalue weighted by Crippen LogP contribution is -2.46. The van der Waals surface area contributed by atoms with Crippen molar-refractivity contribution < 1.29 is 4.74 Å². The van der Waals surface area contributed by atoms with Crippen LogP contribution in [0.1, 0.15) is 0 Å². The molecule has 0 radical (unpaired) electrons. The van der Waals surface area contributed by atoms with Crippen LogP contribution in [-0.4, -0.2) is 21.7 Å². The van der Waals surface area contributed by atoms with E-state index >= 15 is 0 Å². The first-order chi connectivity index (χ1) is 26.3. The number of hydrogen-bond acceptors (Lipinski definition) is 3. The van der Waals surface area contributed by atoms with Gasteiger partial charge in [-0.3, -0.25) is 4.98 Å². The molecule has 2 aromatic heterocycles. The van der Waals surface area contributed by atoms with Crippen LogP contribution >= 0.6 is 0 Å². The smallest absolute Gasteiger partial charge is 0.144 e. The quantitative estimate of drug-likeness (QED) is 0.185. The predicted molar refractivity (Wildman–Crippen MR) is 220 cm³/mol. The maximum atomic E-state index is 6.73. The maximum absolute atomic E-state index is 6.73. The molecule has 2 aliphatic rings. The van der Waals surface area contributed by atoms with E-state index in [9.17, 15) is 0 Å². The summed E-state index contributed by atoms with van der Waals surface area (Å²) >= 11 is 0. The minimum atomic E-state index is -0.0852. The second-order valence-corrected chi connectivity index (χ2v) is 13.9. The minimum absolute atomic E-state index is 0.0692. The number of pyridine rings is 1. The van der Waals surface area contributed by atoms with Crippen molar-refractivity contribution in [3.63, 3.8) is 0 Å². The molecule has 0 amide bonds. The minimum Gasteiger partial charge on any atom is -0.482 e. The largest absolute Gasteiger partial charge is 0.482 e. The number of nitrogens with zero attached hydrogens (tertiary/aromatic N) is 3. The van der Waals surface area contributed by atoms with Gasteiger partial charge in [-0.25, -0.2) is 0 Å². The summed E-state index contributed by atoms with van der Waals surface area (Å²) in [4.78, 5) is 7.12. The fraction of sp³-hybridized carbons (Fsp3) is 0.0408. The summed E-state index contributed by atoms with van der Waals surface area (Å²) in [6.07, 6.45) is 10.4. The summed E-state index contributed by atoms with van der Waals surface area (Å²) in [5.74, 6) is 0.890. The van der Waals surface area contributed by atoms with Gasteiger partial charge in [0.2, 0.25) is 0 Å². The molecule has 0 bridgehead atoms. The monoisotopic (exact) mass is 679 g/mol. The Hall–Kier alpha value is -6.91. The van der Waals surface area contributed by atoms with Crippen LogP contribution in [0.4, 0.5) is 11.4 Å². The van der Waals surface area contributed by atoms with Crippen LogP contribution < -0.4 is 9.64 Å². The van der Waals surface area contributed by atoms with Gasteiger partial charge in [0.25, 0.3) is 0 Å². The third-order valence-electron chi connectivity index (χ3n) is 10.9. The maximum Gasteiger partial charge on any atom is 0.144 e. The van der Waals surface area contributed by atoms with E-state index in [0.717, 1.165) is 56.0 Å². The van der Waals surface area contributed by atoms with Crippen molar-refractivity contribution in [2.24, 2.45) is 0 Å². The van der Waals surface area contributed by atoms with Gasteiger partial charge in [0.15, 0.2) is 0 Å².